The van der Waals surface area contributed by atoms with Crippen molar-refractivity contribution in [3.05, 3.63) is 29.6 Å². The zero-order valence-corrected chi connectivity index (χ0v) is 11.5. The zero-order chi connectivity index (χ0) is 13.0. The summed E-state index contributed by atoms with van der Waals surface area (Å²) in [5.41, 5.74) is 2.31. The van der Waals surface area contributed by atoms with Gasteiger partial charge in [0.15, 0.2) is 0 Å². The van der Waals surface area contributed by atoms with E-state index >= 15 is 0 Å². The van der Waals surface area contributed by atoms with Crippen molar-refractivity contribution in [1.82, 2.24) is 15.2 Å². The van der Waals surface area contributed by atoms with Gasteiger partial charge in [-0.3, -0.25) is 9.88 Å². The van der Waals surface area contributed by atoms with Crippen LogP contribution in [0.15, 0.2) is 18.3 Å². The Bertz CT molecular complexity index is 364. The smallest absolute Gasteiger partial charge is 0.0896 e. The number of morpholine rings is 1. The number of hydrogen-bond acceptors (Lipinski definition) is 4. The first-order valence-electron chi connectivity index (χ1n) is 6.69. The highest BCUT2D eigenvalue weighted by Crippen LogP contribution is 2.28. The van der Waals surface area contributed by atoms with Crippen LogP contribution in [0.2, 0.25) is 0 Å². The van der Waals surface area contributed by atoms with Crippen LogP contribution in [0.1, 0.15) is 24.2 Å². The lowest BCUT2D eigenvalue weighted by Gasteiger charge is -2.41. The number of nitrogens with zero attached hydrogens (tertiary/aromatic N) is 2. The average molecular weight is 249 g/mol. The van der Waals surface area contributed by atoms with Crippen molar-refractivity contribution in [2.75, 3.05) is 33.3 Å². The van der Waals surface area contributed by atoms with E-state index in [2.05, 4.69) is 34.3 Å². The lowest BCUT2D eigenvalue weighted by molar-refractivity contribution is -0.0687. The van der Waals surface area contributed by atoms with Gasteiger partial charge in [0.1, 0.15) is 0 Å². The molecule has 1 fully saturated rings. The van der Waals surface area contributed by atoms with Crippen LogP contribution in [0.25, 0.3) is 0 Å². The Morgan fingerprint density at radius 2 is 2.33 bits per heavy atom. The van der Waals surface area contributed by atoms with E-state index in [4.69, 9.17) is 4.74 Å². The molecule has 1 saturated heterocycles. The molecule has 0 radical (unpaired) electrons. The van der Waals surface area contributed by atoms with Gasteiger partial charge in [-0.25, -0.2) is 0 Å². The molecule has 0 spiro atoms. The molecule has 2 heterocycles. The van der Waals surface area contributed by atoms with Crippen LogP contribution in [-0.2, 0) is 4.74 Å². The molecule has 1 aromatic rings. The van der Waals surface area contributed by atoms with Crippen molar-refractivity contribution in [3.8, 4) is 0 Å². The Kier molecular flexibility index (Phi) is 4.69. The predicted octanol–water partition coefficient (Wildman–Crippen LogP) is 1.37. The number of pyridine rings is 1. The average Bonchev–Trinajstić information content (AvgIpc) is 2.40. The third-order valence-electron chi connectivity index (χ3n) is 3.54. The first-order chi connectivity index (χ1) is 8.76. The van der Waals surface area contributed by atoms with E-state index in [1.807, 2.05) is 20.2 Å². The van der Waals surface area contributed by atoms with Gasteiger partial charge in [0.05, 0.1) is 18.8 Å². The second-order valence-electron chi connectivity index (χ2n) is 4.77. The van der Waals surface area contributed by atoms with Gasteiger partial charge < -0.3 is 10.1 Å². The van der Waals surface area contributed by atoms with Gasteiger partial charge >= 0.3 is 0 Å². The van der Waals surface area contributed by atoms with E-state index in [1.165, 1.54) is 5.56 Å². The molecule has 0 aliphatic carbocycles. The maximum atomic E-state index is 5.92. The lowest BCUT2D eigenvalue weighted by atomic mass is 9.99. The third-order valence-corrected chi connectivity index (χ3v) is 3.54. The minimum atomic E-state index is 0.202. The second kappa shape index (κ2) is 6.27. The molecule has 0 saturated carbocycles. The van der Waals surface area contributed by atoms with Gasteiger partial charge in [-0.2, -0.15) is 0 Å². The zero-order valence-electron chi connectivity index (χ0n) is 11.5. The van der Waals surface area contributed by atoms with E-state index in [1.54, 1.807) is 0 Å². The van der Waals surface area contributed by atoms with Crippen LogP contribution in [0.3, 0.4) is 0 Å². The van der Waals surface area contributed by atoms with Crippen LogP contribution < -0.4 is 5.32 Å². The Balaban J connectivity index is 2.24. The van der Waals surface area contributed by atoms with Gasteiger partial charge in [0.2, 0.25) is 0 Å². The first-order valence-corrected chi connectivity index (χ1v) is 6.69. The Labute approximate surface area is 109 Å². The number of likely N-dealkylation sites (N-methyl/N-ethyl adjacent to an activating group) is 2. The molecule has 1 aliphatic heterocycles. The molecule has 0 amide bonds. The van der Waals surface area contributed by atoms with Crippen molar-refractivity contribution >= 4 is 0 Å². The van der Waals surface area contributed by atoms with Gasteiger partial charge in [-0.05, 0) is 32.1 Å². The summed E-state index contributed by atoms with van der Waals surface area (Å²) in [6, 6.07) is 4.56. The fraction of sp³-hybridized carbons (Fsp3) is 0.643. The highest BCUT2D eigenvalue weighted by Gasteiger charge is 2.32. The molecule has 100 valence electrons. The second-order valence-corrected chi connectivity index (χ2v) is 4.77. The van der Waals surface area contributed by atoms with Crippen LogP contribution >= 0.6 is 0 Å². The summed E-state index contributed by atoms with van der Waals surface area (Å²) in [7, 11) is 1.97. The van der Waals surface area contributed by atoms with Gasteiger partial charge in [0.25, 0.3) is 0 Å². The van der Waals surface area contributed by atoms with E-state index in [9.17, 15) is 0 Å². The van der Waals surface area contributed by atoms with Crippen molar-refractivity contribution in [2.24, 2.45) is 0 Å². The number of ether oxygens (including phenoxy) is 1. The number of hydrogen-bond donors (Lipinski definition) is 1. The van der Waals surface area contributed by atoms with E-state index in [-0.39, 0.29) is 6.10 Å². The largest absolute Gasteiger partial charge is 0.374 e. The summed E-state index contributed by atoms with van der Waals surface area (Å²) in [4.78, 5) is 6.89. The summed E-state index contributed by atoms with van der Waals surface area (Å²) in [5.74, 6) is 0. The van der Waals surface area contributed by atoms with E-state index in [0.29, 0.717) is 6.04 Å². The molecule has 0 bridgehead atoms. The topological polar surface area (TPSA) is 37.4 Å². The molecule has 1 aliphatic rings. The number of rotatable bonds is 4. The van der Waals surface area contributed by atoms with E-state index < -0.39 is 0 Å². The fourth-order valence-electron chi connectivity index (χ4n) is 2.59. The molecule has 4 nitrogen and oxygen atoms in total. The molecule has 2 rings (SSSR count). The van der Waals surface area contributed by atoms with Crippen LogP contribution in [-0.4, -0.2) is 49.3 Å². The van der Waals surface area contributed by atoms with Crippen LogP contribution in [0.4, 0.5) is 0 Å². The molecule has 1 N–H and O–H groups in total. The fourth-order valence-corrected chi connectivity index (χ4v) is 2.59. The Morgan fingerprint density at radius 1 is 1.50 bits per heavy atom. The summed E-state index contributed by atoms with van der Waals surface area (Å²) in [6.07, 6.45) is 2.19. The molecule has 2 unspecified atom stereocenters. The number of aryl methyl sites for hydroxylation is 1. The highest BCUT2D eigenvalue weighted by atomic mass is 16.5. The predicted molar refractivity (Wildman–Crippen MR) is 72.6 cm³/mol. The standard InChI is InChI=1S/C14H23N3O/c1-4-17-7-8-18-13(10-15-3)14(17)12-6-5-11(2)16-9-12/h5-6,9,13-15H,4,7-8,10H2,1-3H3. The van der Waals surface area contributed by atoms with Crippen molar-refractivity contribution in [2.45, 2.75) is 26.0 Å². The minimum absolute atomic E-state index is 0.202. The summed E-state index contributed by atoms with van der Waals surface area (Å²) in [6.45, 7) is 7.95. The first kappa shape index (κ1) is 13.5. The minimum Gasteiger partial charge on any atom is -0.374 e. The van der Waals surface area contributed by atoms with Gasteiger partial charge in [-0.15, -0.1) is 0 Å². The quantitative estimate of drug-likeness (QED) is 0.874. The van der Waals surface area contributed by atoms with Crippen molar-refractivity contribution in [3.63, 3.8) is 0 Å². The van der Waals surface area contributed by atoms with Gasteiger partial charge in [0, 0.05) is 25.0 Å². The van der Waals surface area contributed by atoms with E-state index in [0.717, 1.165) is 31.9 Å². The summed E-state index contributed by atoms with van der Waals surface area (Å²) in [5, 5.41) is 3.22. The SMILES string of the molecule is CCN1CCOC(CNC)C1c1ccc(C)nc1. The summed E-state index contributed by atoms with van der Waals surface area (Å²) < 4.78 is 5.92. The maximum Gasteiger partial charge on any atom is 0.0896 e. The third kappa shape index (κ3) is 2.88. The normalized spacial score (nSPS) is 25.3. The molecule has 2 atom stereocenters. The Hall–Kier alpha value is -0.970. The molecular weight excluding hydrogens is 226 g/mol. The lowest BCUT2D eigenvalue weighted by Crippen LogP contribution is -2.48. The molecule has 1 aromatic heterocycles. The van der Waals surface area contributed by atoms with Crippen molar-refractivity contribution < 1.29 is 4.74 Å². The molecular formula is C14H23N3O. The van der Waals surface area contributed by atoms with Crippen molar-refractivity contribution in [1.29, 1.82) is 0 Å². The number of aromatic nitrogens is 1. The molecule has 4 heteroatoms. The highest BCUT2D eigenvalue weighted by molar-refractivity contribution is 5.19. The Morgan fingerprint density at radius 3 is 2.94 bits per heavy atom. The van der Waals surface area contributed by atoms with Crippen LogP contribution in [0, 0.1) is 6.92 Å². The maximum absolute atomic E-state index is 5.92. The number of nitrogens with one attached hydrogen (secondary N) is 1. The van der Waals surface area contributed by atoms with Crippen LogP contribution in [0.5, 0.6) is 0 Å². The van der Waals surface area contributed by atoms with Gasteiger partial charge in [-0.1, -0.05) is 13.0 Å². The molecule has 0 aromatic carbocycles. The molecule has 18 heavy (non-hydrogen) atoms. The monoisotopic (exact) mass is 249 g/mol. The summed E-state index contributed by atoms with van der Waals surface area (Å²) >= 11 is 0.